The van der Waals surface area contributed by atoms with Crippen molar-refractivity contribution in [2.45, 2.75) is 59.9 Å². The number of carbonyl (C=O) groups excluding carboxylic acids is 1. The predicted molar refractivity (Wildman–Crippen MR) is 139 cm³/mol. The maximum absolute atomic E-state index is 13.7. The zero-order valence-corrected chi connectivity index (χ0v) is 21.6. The number of hydrogen-bond donors (Lipinski definition) is 2. The Hall–Kier alpha value is -3.88. The molecule has 0 radical (unpaired) electrons. The fraction of sp³-hybridized carbons (Fsp3) is 0.407. The molecule has 3 aromatic rings. The molecule has 1 aliphatic rings. The number of nitrogens with zero attached hydrogens (tertiary/aromatic N) is 4. The third-order valence-electron chi connectivity index (χ3n) is 6.40. The van der Waals surface area contributed by atoms with Crippen LogP contribution in [-0.2, 0) is 4.79 Å². The smallest absolute Gasteiger partial charge is 0.255 e. The van der Waals surface area contributed by atoms with Crippen LogP contribution in [0.25, 0.3) is 0 Å². The number of hydrogen-bond acceptors (Lipinski definition) is 7. The van der Waals surface area contributed by atoms with Gasteiger partial charge in [-0.15, -0.1) is 0 Å². The molecule has 1 aliphatic heterocycles. The first-order valence-electron chi connectivity index (χ1n) is 12.5. The van der Waals surface area contributed by atoms with E-state index in [1.54, 1.807) is 4.68 Å². The lowest BCUT2D eigenvalue weighted by molar-refractivity contribution is -0.113. The monoisotopic (exact) mass is 490 g/mol. The Morgan fingerprint density at radius 3 is 2.69 bits per heavy atom. The molecule has 2 heterocycles. The topological polar surface area (TPSA) is 103 Å². The molecule has 0 saturated carbocycles. The van der Waals surface area contributed by atoms with Gasteiger partial charge in [-0.05, 0) is 79.4 Å². The number of nitrogens with one attached hydrogen (secondary N) is 2. The van der Waals surface area contributed by atoms with Crippen molar-refractivity contribution in [3.63, 3.8) is 0 Å². The molecule has 36 heavy (non-hydrogen) atoms. The summed E-state index contributed by atoms with van der Waals surface area (Å²) in [5.74, 6) is 1.56. The summed E-state index contributed by atoms with van der Waals surface area (Å²) in [5, 5.41) is 18.4. The lowest BCUT2D eigenvalue weighted by Gasteiger charge is -2.28. The number of benzene rings is 2. The maximum Gasteiger partial charge on any atom is 0.255 e. The minimum absolute atomic E-state index is 0.224. The van der Waals surface area contributed by atoms with Gasteiger partial charge in [-0.3, -0.25) is 4.79 Å². The van der Waals surface area contributed by atoms with Crippen LogP contribution in [0.1, 0.15) is 62.8 Å². The van der Waals surface area contributed by atoms with Gasteiger partial charge in [-0.2, -0.15) is 4.68 Å². The molecule has 0 aliphatic carbocycles. The van der Waals surface area contributed by atoms with Crippen molar-refractivity contribution in [1.82, 2.24) is 20.2 Å². The van der Waals surface area contributed by atoms with Crippen LogP contribution in [0.5, 0.6) is 11.5 Å². The van der Waals surface area contributed by atoms with E-state index < -0.39 is 6.04 Å². The molecule has 9 nitrogen and oxygen atoms in total. The molecule has 1 unspecified atom stereocenters. The first-order valence-corrected chi connectivity index (χ1v) is 12.5. The molecule has 0 saturated heterocycles. The molecule has 0 fully saturated rings. The Labute approximate surface area is 211 Å². The first kappa shape index (κ1) is 25.2. The van der Waals surface area contributed by atoms with Gasteiger partial charge in [-0.25, -0.2) is 0 Å². The van der Waals surface area contributed by atoms with Gasteiger partial charge in [0.2, 0.25) is 5.95 Å². The molecule has 1 aromatic heterocycles. The standard InChI is InChI=1S/C27H34N6O3/c1-6-8-9-15-36-22-14-13-20(16-23(22)35-7-2)25-24(19(5)28-27-30-31-32-33(25)27)26(34)29-21-12-10-11-17(3)18(21)4/h10-14,16,25H,6-9,15H2,1-5H3,(H,29,34)(H,28,30,32). The van der Waals surface area contributed by atoms with Crippen molar-refractivity contribution in [2.75, 3.05) is 23.8 Å². The number of unbranched alkanes of at least 4 members (excludes halogenated alkanes) is 2. The van der Waals surface area contributed by atoms with Crippen LogP contribution >= 0.6 is 0 Å². The number of rotatable bonds is 10. The lowest BCUT2D eigenvalue weighted by atomic mass is 9.94. The minimum Gasteiger partial charge on any atom is -0.490 e. The number of fused-ring (bicyclic) bond motifs is 1. The summed E-state index contributed by atoms with van der Waals surface area (Å²) >= 11 is 0. The van der Waals surface area contributed by atoms with E-state index >= 15 is 0 Å². The molecule has 190 valence electrons. The number of allylic oxidation sites excluding steroid dienone is 1. The Morgan fingerprint density at radius 2 is 1.92 bits per heavy atom. The highest BCUT2D eigenvalue weighted by molar-refractivity contribution is 6.06. The SMILES string of the molecule is CCCCCOc1ccc(C2C(C(=O)Nc3cccc(C)c3C)=C(C)Nc3nnnn32)cc1OCC. The Morgan fingerprint density at radius 1 is 1.08 bits per heavy atom. The molecular weight excluding hydrogens is 456 g/mol. The fourth-order valence-corrected chi connectivity index (χ4v) is 4.31. The van der Waals surface area contributed by atoms with E-state index in [9.17, 15) is 4.79 Å². The summed E-state index contributed by atoms with van der Waals surface area (Å²) in [6, 6.07) is 11.1. The Balaban J connectivity index is 1.71. The third-order valence-corrected chi connectivity index (χ3v) is 6.40. The zero-order valence-electron chi connectivity index (χ0n) is 21.6. The quantitative estimate of drug-likeness (QED) is 0.377. The van der Waals surface area contributed by atoms with Gasteiger partial charge in [0, 0.05) is 11.4 Å². The second-order valence-corrected chi connectivity index (χ2v) is 8.91. The molecule has 2 N–H and O–H groups in total. The Bertz CT molecular complexity index is 1270. The zero-order chi connectivity index (χ0) is 25.7. The second kappa shape index (κ2) is 11.2. The van der Waals surface area contributed by atoms with Crippen molar-refractivity contribution in [2.24, 2.45) is 0 Å². The van der Waals surface area contributed by atoms with Crippen molar-refractivity contribution in [1.29, 1.82) is 0 Å². The summed E-state index contributed by atoms with van der Waals surface area (Å²) < 4.78 is 13.6. The Kier molecular flexibility index (Phi) is 7.87. The van der Waals surface area contributed by atoms with Crippen molar-refractivity contribution in [3.05, 3.63) is 64.4 Å². The van der Waals surface area contributed by atoms with Crippen LogP contribution in [0.3, 0.4) is 0 Å². The average Bonchev–Trinajstić information content (AvgIpc) is 3.32. The maximum atomic E-state index is 13.7. The molecular formula is C27H34N6O3. The van der Waals surface area contributed by atoms with Crippen LogP contribution in [0.4, 0.5) is 11.6 Å². The highest BCUT2D eigenvalue weighted by atomic mass is 16.5. The van der Waals surface area contributed by atoms with Gasteiger partial charge < -0.3 is 20.1 Å². The van der Waals surface area contributed by atoms with E-state index in [1.807, 2.05) is 64.1 Å². The summed E-state index contributed by atoms with van der Waals surface area (Å²) in [5.41, 5.74) is 4.93. The van der Waals surface area contributed by atoms with Gasteiger partial charge >= 0.3 is 0 Å². The van der Waals surface area contributed by atoms with E-state index in [0.717, 1.165) is 41.6 Å². The number of carbonyl (C=O) groups is 1. The summed E-state index contributed by atoms with van der Waals surface area (Å²) in [4.78, 5) is 13.7. The number of aryl methyl sites for hydroxylation is 1. The second-order valence-electron chi connectivity index (χ2n) is 8.91. The van der Waals surface area contributed by atoms with Gasteiger partial charge in [0.15, 0.2) is 11.5 Å². The first-order chi connectivity index (χ1) is 17.4. The minimum atomic E-state index is -0.547. The summed E-state index contributed by atoms with van der Waals surface area (Å²) in [6.45, 7) is 11.1. The molecule has 1 amide bonds. The molecule has 1 atom stereocenters. The van der Waals surface area contributed by atoms with E-state index in [-0.39, 0.29) is 5.91 Å². The van der Waals surface area contributed by atoms with E-state index in [0.29, 0.717) is 41.9 Å². The summed E-state index contributed by atoms with van der Waals surface area (Å²) in [6.07, 6.45) is 3.22. The van der Waals surface area contributed by atoms with Gasteiger partial charge in [-0.1, -0.05) is 43.1 Å². The van der Waals surface area contributed by atoms with E-state index in [2.05, 4.69) is 33.1 Å². The van der Waals surface area contributed by atoms with E-state index in [4.69, 9.17) is 9.47 Å². The van der Waals surface area contributed by atoms with E-state index in [1.165, 1.54) is 0 Å². The van der Waals surface area contributed by atoms with Crippen LogP contribution in [-0.4, -0.2) is 39.3 Å². The van der Waals surface area contributed by atoms with Crippen molar-refractivity contribution < 1.29 is 14.3 Å². The molecule has 0 spiro atoms. The molecule has 0 bridgehead atoms. The number of amides is 1. The predicted octanol–water partition coefficient (Wildman–Crippen LogP) is 5.19. The summed E-state index contributed by atoms with van der Waals surface area (Å²) in [7, 11) is 0. The number of anilines is 2. The van der Waals surface area contributed by atoms with Crippen LogP contribution in [0.2, 0.25) is 0 Å². The highest BCUT2D eigenvalue weighted by Crippen LogP contribution is 2.39. The third kappa shape index (κ3) is 5.19. The highest BCUT2D eigenvalue weighted by Gasteiger charge is 2.34. The van der Waals surface area contributed by atoms with Gasteiger partial charge in [0.25, 0.3) is 5.91 Å². The lowest BCUT2D eigenvalue weighted by Crippen LogP contribution is -2.31. The van der Waals surface area contributed by atoms with Crippen molar-refractivity contribution >= 4 is 17.5 Å². The molecule has 2 aromatic carbocycles. The van der Waals surface area contributed by atoms with Crippen molar-refractivity contribution in [3.8, 4) is 11.5 Å². The normalized spacial score (nSPS) is 14.8. The van der Waals surface area contributed by atoms with Crippen LogP contribution in [0.15, 0.2) is 47.7 Å². The molecule has 9 heteroatoms. The van der Waals surface area contributed by atoms with Crippen LogP contribution < -0.4 is 20.1 Å². The fourth-order valence-electron chi connectivity index (χ4n) is 4.31. The largest absolute Gasteiger partial charge is 0.490 e. The van der Waals surface area contributed by atoms with Crippen LogP contribution in [0, 0.1) is 13.8 Å². The number of ether oxygens (including phenoxy) is 2. The van der Waals surface area contributed by atoms with Gasteiger partial charge in [0.05, 0.1) is 18.8 Å². The number of aromatic nitrogens is 4. The molecule has 4 rings (SSSR count). The van der Waals surface area contributed by atoms with Gasteiger partial charge in [0.1, 0.15) is 6.04 Å². The average molecular weight is 491 g/mol. The number of tetrazole rings is 1.